The zero-order valence-corrected chi connectivity index (χ0v) is 13.1. The van der Waals surface area contributed by atoms with Crippen LogP contribution in [0, 0.1) is 23.4 Å². The molecule has 0 aromatic heterocycles. The summed E-state index contributed by atoms with van der Waals surface area (Å²) in [5.74, 6) is -5.56. The van der Waals surface area contributed by atoms with E-state index in [2.05, 4.69) is 10.6 Å². The first-order chi connectivity index (χ1) is 12.0. The Kier molecular flexibility index (Phi) is 4.74. The Labute approximate surface area is 142 Å². The molecule has 2 aromatic carbocycles. The van der Waals surface area contributed by atoms with E-state index in [-0.39, 0.29) is 5.69 Å². The second-order valence-corrected chi connectivity index (χ2v) is 5.81. The minimum Gasteiger partial charge on any atom is -0.355 e. The zero-order chi connectivity index (χ0) is 18.0. The van der Waals surface area contributed by atoms with Gasteiger partial charge in [-0.1, -0.05) is 18.2 Å². The molecule has 3 rings (SSSR count). The monoisotopic (exact) mass is 348 g/mol. The highest BCUT2D eigenvalue weighted by Crippen LogP contribution is 2.32. The van der Waals surface area contributed by atoms with Crippen molar-refractivity contribution in [1.82, 2.24) is 5.32 Å². The summed E-state index contributed by atoms with van der Waals surface area (Å²) in [4.78, 5) is 24.8. The zero-order valence-electron chi connectivity index (χ0n) is 13.1. The van der Waals surface area contributed by atoms with Gasteiger partial charge in [0, 0.05) is 12.5 Å². The molecule has 2 aromatic rings. The van der Waals surface area contributed by atoms with E-state index in [1.54, 1.807) is 0 Å². The molecule has 2 N–H and O–H groups in total. The summed E-state index contributed by atoms with van der Waals surface area (Å²) in [7, 11) is 0. The van der Waals surface area contributed by atoms with Gasteiger partial charge in [0.15, 0.2) is 11.6 Å². The summed E-state index contributed by atoms with van der Waals surface area (Å²) in [5, 5.41) is 4.87. The van der Waals surface area contributed by atoms with Gasteiger partial charge in [0.1, 0.15) is 11.7 Å². The minimum atomic E-state index is -1.19. The number of nitrogens with one attached hydrogen (secondary N) is 2. The molecule has 1 heterocycles. The first kappa shape index (κ1) is 17.0. The van der Waals surface area contributed by atoms with Gasteiger partial charge in [-0.3, -0.25) is 9.59 Å². The van der Waals surface area contributed by atoms with Crippen molar-refractivity contribution in [3.8, 4) is 0 Å². The van der Waals surface area contributed by atoms with E-state index in [4.69, 9.17) is 0 Å². The predicted octanol–water partition coefficient (Wildman–Crippen LogP) is 2.96. The molecule has 2 amide bonds. The second kappa shape index (κ2) is 6.96. The van der Waals surface area contributed by atoms with Crippen LogP contribution in [0.4, 0.5) is 18.9 Å². The van der Waals surface area contributed by atoms with Crippen LogP contribution in [0.2, 0.25) is 0 Å². The van der Waals surface area contributed by atoms with E-state index in [0.29, 0.717) is 18.5 Å². The summed E-state index contributed by atoms with van der Waals surface area (Å²) in [6.45, 7) is 0.374. The lowest BCUT2D eigenvalue weighted by Crippen LogP contribution is -2.46. The van der Waals surface area contributed by atoms with Gasteiger partial charge in [-0.2, -0.15) is 0 Å². The van der Waals surface area contributed by atoms with Crippen LogP contribution in [-0.2, 0) is 9.59 Å². The van der Waals surface area contributed by atoms with E-state index < -0.39 is 41.1 Å². The topological polar surface area (TPSA) is 58.2 Å². The van der Waals surface area contributed by atoms with Gasteiger partial charge in [-0.05, 0) is 36.2 Å². The number of piperidine rings is 1. The van der Waals surface area contributed by atoms with Gasteiger partial charge in [0.2, 0.25) is 11.8 Å². The van der Waals surface area contributed by atoms with E-state index in [0.717, 1.165) is 6.07 Å². The van der Waals surface area contributed by atoms with Crippen LogP contribution in [0.1, 0.15) is 17.9 Å². The van der Waals surface area contributed by atoms with E-state index in [1.165, 1.54) is 36.4 Å². The van der Waals surface area contributed by atoms with E-state index >= 15 is 0 Å². The number of anilines is 1. The van der Waals surface area contributed by atoms with Gasteiger partial charge in [-0.15, -0.1) is 0 Å². The number of amides is 2. The lowest BCUT2D eigenvalue weighted by atomic mass is 9.80. The molecule has 2 atom stereocenters. The molecule has 0 spiro atoms. The molecule has 1 fully saturated rings. The summed E-state index contributed by atoms with van der Waals surface area (Å²) in [5.41, 5.74) is 0.303. The van der Waals surface area contributed by atoms with Crippen molar-refractivity contribution < 1.29 is 22.8 Å². The van der Waals surface area contributed by atoms with Crippen LogP contribution >= 0.6 is 0 Å². The van der Waals surface area contributed by atoms with Crippen LogP contribution in [-0.4, -0.2) is 18.4 Å². The fraction of sp³-hybridized carbons (Fsp3) is 0.222. The molecular formula is C18H15F3N2O2. The molecular weight excluding hydrogens is 333 g/mol. The Bertz CT molecular complexity index is 808. The number of halogens is 3. The van der Waals surface area contributed by atoms with Crippen molar-refractivity contribution in [2.24, 2.45) is 5.92 Å². The quantitative estimate of drug-likeness (QED) is 0.838. The number of hydrogen-bond acceptors (Lipinski definition) is 2. The van der Waals surface area contributed by atoms with E-state index in [9.17, 15) is 22.8 Å². The Hall–Kier alpha value is -2.83. The maximum absolute atomic E-state index is 13.8. The minimum absolute atomic E-state index is 0.332. The highest BCUT2D eigenvalue weighted by molar-refractivity contribution is 6.07. The number of carbonyl (C=O) groups is 2. The number of rotatable bonds is 3. The predicted molar refractivity (Wildman–Crippen MR) is 85.2 cm³/mol. The molecule has 0 unspecified atom stereocenters. The van der Waals surface area contributed by atoms with Crippen molar-refractivity contribution in [2.75, 3.05) is 11.9 Å². The first-order valence-electron chi connectivity index (χ1n) is 7.75. The third-order valence-electron chi connectivity index (χ3n) is 4.23. The average Bonchev–Trinajstić information content (AvgIpc) is 2.59. The smallest absolute Gasteiger partial charge is 0.237 e. The van der Waals surface area contributed by atoms with Crippen LogP contribution in [0.5, 0.6) is 0 Å². The second-order valence-electron chi connectivity index (χ2n) is 5.81. The Morgan fingerprint density at radius 2 is 1.80 bits per heavy atom. The highest BCUT2D eigenvalue weighted by atomic mass is 19.2. The van der Waals surface area contributed by atoms with Gasteiger partial charge in [0.05, 0.1) is 5.69 Å². The fourth-order valence-electron chi connectivity index (χ4n) is 2.99. The van der Waals surface area contributed by atoms with Crippen LogP contribution < -0.4 is 10.6 Å². The Morgan fingerprint density at radius 1 is 1.08 bits per heavy atom. The van der Waals surface area contributed by atoms with Crippen LogP contribution in [0.15, 0.2) is 42.5 Å². The van der Waals surface area contributed by atoms with E-state index in [1.807, 2.05) is 0 Å². The molecule has 130 valence electrons. The Balaban J connectivity index is 1.87. The number of benzene rings is 2. The molecule has 0 bridgehead atoms. The molecule has 1 saturated heterocycles. The van der Waals surface area contributed by atoms with Crippen molar-refractivity contribution in [1.29, 1.82) is 0 Å². The highest BCUT2D eigenvalue weighted by Gasteiger charge is 2.38. The van der Waals surface area contributed by atoms with Gasteiger partial charge in [-0.25, -0.2) is 13.2 Å². The number of hydrogen-bond donors (Lipinski definition) is 2. The van der Waals surface area contributed by atoms with Crippen LogP contribution in [0.25, 0.3) is 0 Å². The normalized spacial score (nSPS) is 20.0. The first-order valence-corrected chi connectivity index (χ1v) is 7.75. The third kappa shape index (κ3) is 3.50. The molecule has 25 heavy (non-hydrogen) atoms. The van der Waals surface area contributed by atoms with Crippen molar-refractivity contribution in [3.63, 3.8) is 0 Å². The van der Waals surface area contributed by atoms with Crippen molar-refractivity contribution in [2.45, 2.75) is 12.3 Å². The standard InChI is InChI=1S/C18H15F3N2O2/c19-11-6-4-10(5-7-11)12-8-9-22-17(24)15(12)18(25)23-14-3-1-2-13(20)16(14)21/h1-7,12,15H,8-9H2,(H,22,24)(H,23,25)/t12-,15-/m1/s1. The summed E-state index contributed by atoms with van der Waals surface area (Å²) < 4.78 is 40.2. The molecule has 7 heteroatoms. The lowest BCUT2D eigenvalue weighted by Gasteiger charge is -2.30. The van der Waals surface area contributed by atoms with Crippen molar-refractivity contribution >= 4 is 17.5 Å². The van der Waals surface area contributed by atoms with Gasteiger partial charge in [0.25, 0.3) is 0 Å². The van der Waals surface area contributed by atoms with Gasteiger partial charge < -0.3 is 10.6 Å². The SMILES string of the molecule is O=C1NCC[C@H](c2ccc(F)cc2)[C@H]1C(=O)Nc1cccc(F)c1F. The van der Waals surface area contributed by atoms with Crippen LogP contribution in [0.3, 0.4) is 0 Å². The fourth-order valence-corrected chi connectivity index (χ4v) is 2.99. The Morgan fingerprint density at radius 3 is 2.52 bits per heavy atom. The third-order valence-corrected chi connectivity index (χ3v) is 4.23. The largest absolute Gasteiger partial charge is 0.355 e. The van der Waals surface area contributed by atoms with Gasteiger partial charge >= 0.3 is 0 Å². The molecule has 0 aliphatic carbocycles. The summed E-state index contributed by atoms with van der Waals surface area (Å²) in [6, 6.07) is 8.94. The number of carbonyl (C=O) groups excluding carboxylic acids is 2. The molecule has 1 aliphatic rings. The lowest BCUT2D eigenvalue weighted by molar-refractivity contribution is -0.135. The summed E-state index contributed by atoms with van der Waals surface area (Å²) >= 11 is 0. The van der Waals surface area contributed by atoms with Crippen molar-refractivity contribution in [3.05, 3.63) is 65.5 Å². The maximum Gasteiger partial charge on any atom is 0.237 e. The molecule has 0 radical (unpaired) electrons. The summed E-state index contributed by atoms with van der Waals surface area (Å²) in [6.07, 6.45) is 0.473. The molecule has 1 aliphatic heterocycles. The molecule has 4 nitrogen and oxygen atoms in total. The average molecular weight is 348 g/mol. The maximum atomic E-state index is 13.8. The molecule has 0 saturated carbocycles.